The van der Waals surface area contributed by atoms with Crippen LogP contribution in [0.1, 0.15) is 54.1 Å². The van der Waals surface area contributed by atoms with Crippen molar-refractivity contribution in [2.24, 2.45) is 0 Å². The van der Waals surface area contributed by atoms with Crippen LogP contribution in [0.15, 0.2) is 28.4 Å². The van der Waals surface area contributed by atoms with Gasteiger partial charge in [-0.2, -0.15) is 0 Å². The molecular formula is C21H25N5O2S. The van der Waals surface area contributed by atoms with Gasteiger partial charge in [-0.15, -0.1) is 11.3 Å². The van der Waals surface area contributed by atoms with Gasteiger partial charge in [-0.3, -0.25) is 19.6 Å². The van der Waals surface area contributed by atoms with E-state index in [-0.39, 0.29) is 17.5 Å². The highest BCUT2D eigenvalue weighted by molar-refractivity contribution is 7.09. The summed E-state index contributed by atoms with van der Waals surface area (Å²) in [5.74, 6) is -0.00116. The van der Waals surface area contributed by atoms with Crippen molar-refractivity contribution in [3.63, 3.8) is 0 Å². The molecule has 0 saturated carbocycles. The average molecular weight is 412 g/mol. The molecule has 3 aromatic rings. The predicted octanol–water partition coefficient (Wildman–Crippen LogP) is 2.72. The molecule has 8 heteroatoms. The maximum atomic E-state index is 13.1. The van der Waals surface area contributed by atoms with E-state index in [1.807, 2.05) is 6.07 Å². The Labute approximate surface area is 173 Å². The summed E-state index contributed by atoms with van der Waals surface area (Å²) in [7, 11) is 0. The van der Waals surface area contributed by atoms with E-state index < -0.39 is 0 Å². The number of fused-ring (bicyclic) bond motifs is 2. The van der Waals surface area contributed by atoms with Gasteiger partial charge in [0.1, 0.15) is 0 Å². The van der Waals surface area contributed by atoms with Crippen molar-refractivity contribution in [3.05, 3.63) is 55.8 Å². The van der Waals surface area contributed by atoms with Gasteiger partial charge >= 0.3 is 0 Å². The fourth-order valence-electron chi connectivity index (χ4n) is 4.57. The standard InChI is InChI=1S/C21H25N5O2S/c1-14(27)24-9-7-17-16(13-24)21(28)26-20(22-17)11-18(23-26)19-6-2-3-8-25(19)12-15-5-4-10-29-15/h4-5,10-11,19,23H,2-3,6-9,12-13H2,1H3. The number of aromatic amines is 1. The Morgan fingerprint density at radius 1 is 1.34 bits per heavy atom. The van der Waals surface area contributed by atoms with Crippen LogP contribution in [0, 0.1) is 0 Å². The molecule has 2 aliphatic rings. The van der Waals surface area contributed by atoms with Gasteiger partial charge in [-0.1, -0.05) is 12.5 Å². The normalized spacial score (nSPS) is 20.2. The Balaban J connectivity index is 1.50. The Kier molecular flexibility index (Phi) is 4.75. The van der Waals surface area contributed by atoms with E-state index >= 15 is 0 Å². The number of hydrogen-bond acceptors (Lipinski definition) is 5. The smallest absolute Gasteiger partial charge is 0.277 e. The first kappa shape index (κ1) is 18.6. The number of amides is 1. The molecule has 5 rings (SSSR count). The number of carbonyl (C=O) groups excluding carboxylic acids is 1. The minimum atomic E-state index is -0.0807. The number of hydrogen-bond donors (Lipinski definition) is 1. The average Bonchev–Trinajstić information content (AvgIpc) is 3.38. The van der Waals surface area contributed by atoms with Crippen molar-refractivity contribution in [3.8, 4) is 0 Å². The number of nitrogens with zero attached hydrogens (tertiary/aromatic N) is 4. The molecule has 1 saturated heterocycles. The van der Waals surface area contributed by atoms with Crippen molar-refractivity contribution in [2.75, 3.05) is 13.1 Å². The maximum Gasteiger partial charge on any atom is 0.277 e. The van der Waals surface area contributed by atoms with Gasteiger partial charge in [0.05, 0.1) is 29.5 Å². The second-order valence-electron chi connectivity index (χ2n) is 8.00. The fourth-order valence-corrected chi connectivity index (χ4v) is 5.30. The summed E-state index contributed by atoms with van der Waals surface area (Å²) in [4.78, 5) is 35.2. The highest BCUT2D eigenvalue weighted by Crippen LogP contribution is 2.32. The molecule has 0 spiro atoms. The Hall–Kier alpha value is -2.45. The Bertz CT molecular complexity index is 1100. The van der Waals surface area contributed by atoms with Crippen LogP contribution in [0.25, 0.3) is 5.65 Å². The van der Waals surface area contributed by atoms with Crippen LogP contribution in [0.3, 0.4) is 0 Å². The van der Waals surface area contributed by atoms with Crippen LogP contribution < -0.4 is 5.56 Å². The zero-order chi connectivity index (χ0) is 20.0. The summed E-state index contributed by atoms with van der Waals surface area (Å²) in [6, 6.07) is 6.58. The Morgan fingerprint density at radius 3 is 3.03 bits per heavy atom. The Morgan fingerprint density at radius 2 is 2.24 bits per heavy atom. The van der Waals surface area contributed by atoms with Crippen LogP contribution in [0.5, 0.6) is 0 Å². The number of thiophene rings is 1. The van der Waals surface area contributed by atoms with Gasteiger partial charge in [0, 0.05) is 37.4 Å². The molecule has 0 aliphatic carbocycles. The van der Waals surface area contributed by atoms with Gasteiger partial charge in [0.25, 0.3) is 5.56 Å². The molecule has 29 heavy (non-hydrogen) atoms. The third-order valence-corrected chi connectivity index (χ3v) is 7.00. The van der Waals surface area contributed by atoms with Crippen molar-refractivity contribution in [1.82, 2.24) is 24.4 Å². The van der Waals surface area contributed by atoms with E-state index in [4.69, 9.17) is 4.98 Å². The van der Waals surface area contributed by atoms with Crippen LogP contribution in [-0.2, 0) is 24.3 Å². The molecule has 0 radical (unpaired) electrons. The number of H-pyrrole nitrogens is 1. The summed E-state index contributed by atoms with van der Waals surface area (Å²) in [6.45, 7) is 4.52. The largest absolute Gasteiger partial charge is 0.338 e. The maximum absolute atomic E-state index is 13.1. The number of aromatic nitrogens is 3. The highest BCUT2D eigenvalue weighted by atomic mass is 32.1. The van der Waals surface area contributed by atoms with E-state index in [0.29, 0.717) is 30.7 Å². The van der Waals surface area contributed by atoms with E-state index in [0.717, 1.165) is 30.9 Å². The minimum Gasteiger partial charge on any atom is -0.338 e. The molecule has 1 unspecified atom stereocenters. The van der Waals surface area contributed by atoms with Crippen molar-refractivity contribution in [2.45, 2.75) is 51.7 Å². The zero-order valence-electron chi connectivity index (χ0n) is 16.6. The first-order chi connectivity index (χ1) is 14.1. The molecule has 1 N–H and O–H groups in total. The summed E-state index contributed by atoms with van der Waals surface area (Å²) in [5.41, 5.74) is 3.12. The lowest BCUT2D eigenvalue weighted by Gasteiger charge is -2.34. The van der Waals surface area contributed by atoms with Crippen LogP contribution >= 0.6 is 11.3 Å². The lowest BCUT2D eigenvalue weighted by atomic mass is 9.99. The molecule has 2 aliphatic heterocycles. The van der Waals surface area contributed by atoms with Gasteiger partial charge < -0.3 is 4.90 Å². The lowest BCUT2D eigenvalue weighted by molar-refractivity contribution is -0.129. The highest BCUT2D eigenvalue weighted by Gasteiger charge is 2.28. The van der Waals surface area contributed by atoms with Crippen LogP contribution in [-0.4, -0.2) is 43.4 Å². The van der Waals surface area contributed by atoms with E-state index in [2.05, 4.69) is 27.5 Å². The third kappa shape index (κ3) is 3.40. The summed E-state index contributed by atoms with van der Waals surface area (Å²) < 4.78 is 1.57. The molecule has 152 valence electrons. The number of piperidine rings is 1. The second-order valence-corrected chi connectivity index (χ2v) is 9.03. The van der Waals surface area contributed by atoms with Crippen molar-refractivity contribution < 1.29 is 4.79 Å². The number of nitrogens with one attached hydrogen (secondary N) is 1. The topological polar surface area (TPSA) is 73.7 Å². The lowest BCUT2D eigenvalue weighted by Crippen LogP contribution is -2.39. The van der Waals surface area contributed by atoms with Crippen LogP contribution in [0.2, 0.25) is 0 Å². The summed E-state index contributed by atoms with van der Waals surface area (Å²) in [6.07, 6.45) is 4.10. The summed E-state index contributed by atoms with van der Waals surface area (Å²) >= 11 is 1.79. The summed E-state index contributed by atoms with van der Waals surface area (Å²) in [5, 5.41) is 5.46. The van der Waals surface area contributed by atoms with E-state index in [9.17, 15) is 9.59 Å². The SMILES string of the molecule is CC(=O)N1CCc2nc3cc(C4CCCCN4Cc4cccs4)[nH]n3c(=O)c2C1. The third-order valence-electron chi connectivity index (χ3n) is 6.14. The number of likely N-dealkylation sites (tertiary alicyclic amines) is 1. The molecule has 1 atom stereocenters. The molecule has 7 nitrogen and oxygen atoms in total. The number of rotatable bonds is 3. The first-order valence-corrected chi connectivity index (χ1v) is 11.1. The van der Waals surface area contributed by atoms with E-state index in [1.165, 1.54) is 17.7 Å². The quantitative estimate of drug-likeness (QED) is 0.719. The van der Waals surface area contributed by atoms with Crippen molar-refractivity contribution in [1.29, 1.82) is 0 Å². The van der Waals surface area contributed by atoms with Gasteiger partial charge in [-0.25, -0.2) is 9.50 Å². The molecule has 1 amide bonds. The molecule has 1 fully saturated rings. The van der Waals surface area contributed by atoms with Crippen molar-refractivity contribution >= 4 is 22.9 Å². The molecular weight excluding hydrogens is 386 g/mol. The number of carbonyl (C=O) groups is 1. The monoisotopic (exact) mass is 411 g/mol. The van der Waals surface area contributed by atoms with Crippen LogP contribution in [0.4, 0.5) is 0 Å². The molecule has 0 bridgehead atoms. The second kappa shape index (κ2) is 7.42. The fraction of sp³-hybridized carbons (Fsp3) is 0.476. The molecule has 5 heterocycles. The molecule has 3 aromatic heterocycles. The van der Waals surface area contributed by atoms with Gasteiger partial charge in [-0.05, 0) is 30.8 Å². The first-order valence-electron chi connectivity index (χ1n) is 10.3. The predicted molar refractivity (Wildman–Crippen MR) is 112 cm³/mol. The zero-order valence-corrected chi connectivity index (χ0v) is 17.4. The molecule has 0 aromatic carbocycles. The minimum absolute atomic E-state index is 0.00116. The van der Waals surface area contributed by atoms with E-state index in [1.54, 1.807) is 27.7 Å². The van der Waals surface area contributed by atoms with Gasteiger partial charge in [0.2, 0.25) is 5.91 Å². The van der Waals surface area contributed by atoms with Gasteiger partial charge in [0.15, 0.2) is 5.65 Å².